The smallest absolute Gasteiger partial charge is 0.265 e. The summed E-state index contributed by atoms with van der Waals surface area (Å²) in [6.45, 7) is 1.76. The third-order valence-electron chi connectivity index (χ3n) is 2.61. The minimum absolute atomic E-state index is 0.117. The Labute approximate surface area is 105 Å². The second-order valence-corrected chi connectivity index (χ2v) is 5.66. The van der Waals surface area contributed by atoms with E-state index < -0.39 is 10.0 Å². The number of hydrogen-bond acceptors (Lipinski definition) is 4. The van der Waals surface area contributed by atoms with Crippen LogP contribution in [0.3, 0.4) is 0 Å². The van der Waals surface area contributed by atoms with Gasteiger partial charge in [-0.15, -0.1) is 0 Å². The van der Waals surface area contributed by atoms with E-state index in [0.29, 0.717) is 16.9 Å². The molecule has 0 saturated carbocycles. The van der Waals surface area contributed by atoms with Crippen LogP contribution >= 0.6 is 0 Å². The van der Waals surface area contributed by atoms with Crippen LogP contribution in [0.15, 0.2) is 35.5 Å². The Morgan fingerprint density at radius 2 is 2.11 bits per heavy atom. The molecule has 96 valence electrons. The van der Waals surface area contributed by atoms with Gasteiger partial charge in [0.25, 0.3) is 10.0 Å². The standard InChI is InChI=1S/C11H14N4O2S/c1-8-10(12)4-3-5-11(8)14-18(16,17)9-6-13-15(2)7-9/h3-7,14H,12H2,1-2H3. The Bertz CT molecular complexity index is 676. The van der Waals surface area contributed by atoms with Crippen molar-refractivity contribution in [2.24, 2.45) is 7.05 Å². The summed E-state index contributed by atoms with van der Waals surface area (Å²) < 4.78 is 28.1. The molecule has 0 radical (unpaired) electrons. The van der Waals surface area contributed by atoms with Gasteiger partial charge in [0, 0.05) is 18.9 Å². The molecule has 7 heteroatoms. The number of rotatable bonds is 3. The first kappa shape index (κ1) is 12.4. The lowest BCUT2D eigenvalue weighted by Gasteiger charge is -2.10. The molecule has 3 N–H and O–H groups in total. The molecule has 0 spiro atoms. The van der Waals surface area contributed by atoms with Crippen LogP contribution in [0.4, 0.5) is 11.4 Å². The number of aryl methyl sites for hydroxylation is 1. The SMILES string of the molecule is Cc1c(N)cccc1NS(=O)(=O)c1cnn(C)c1. The van der Waals surface area contributed by atoms with Crippen LogP contribution in [0.25, 0.3) is 0 Å². The van der Waals surface area contributed by atoms with Crippen molar-refractivity contribution in [2.75, 3.05) is 10.5 Å². The van der Waals surface area contributed by atoms with Gasteiger partial charge in [0.15, 0.2) is 0 Å². The number of sulfonamides is 1. The van der Waals surface area contributed by atoms with Gasteiger partial charge in [-0.25, -0.2) is 8.42 Å². The molecule has 2 aromatic rings. The number of nitrogen functional groups attached to an aromatic ring is 1. The zero-order valence-electron chi connectivity index (χ0n) is 10.1. The summed E-state index contributed by atoms with van der Waals surface area (Å²) in [7, 11) is -1.96. The summed E-state index contributed by atoms with van der Waals surface area (Å²) in [5.74, 6) is 0. The zero-order chi connectivity index (χ0) is 13.3. The van der Waals surface area contributed by atoms with Crippen molar-refractivity contribution in [3.05, 3.63) is 36.2 Å². The quantitative estimate of drug-likeness (QED) is 0.814. The number of anilines is 2. The molecule has 1 heterocycles. The molecular weight excluding hydrogens is 252 g/mol. The van der Waals surface area contributed by atoms with Crippen molar-refractivity contribution in [1.29, 1.82) is 0 Å². The lowest BCUT2D eigenvalue weighted by molar-refractivity contribution is 0.601. The van der Waals surface area contributed by atoms with Gasteiger partial charge in [0.2, 0.25) is 0 Å². The largest absolute Gasteiger partial charge is 0.398 e. The molecular formula is C11H14N4O2S. The molecule has 2 rings (SSSR count). The molecule has 0 fully saturated rings. The minimum Gasteiger partial charge on any atom is -0.398 e. The topological polar surface area (TPSA) is 90.0 Å². The molecule has 0 amide bonds. The molecule has 18 heavy (non-hydrogen) atoms. The molecule has 0 aliphatic carbocycles. The third kappa shape index (κ3) is 2.30. The van der Waals surface area contributed by atoms with Crippen molar-refractivity contribution in [1.82, 2.24) is 9.78 Å². The highest BCUT2D eigenvalue weighted by Gasteiger charge is 2.17. The van der Waals surface area contributed by atoms with E-state index in [1.54, 1.807) is 32.2 Å². The molecule has 0 saturated heterocycles. The van der Waals surface area contributed by atoms with E-state index >= 15 is 0 Å². The first-order valence-corrected chi connectivity index (χ1v) is 6.75. The Morgan fingerprint density at radius 1 is 1.39 bits per heavy atom. The highest BCUT2D eigenvalue weighted by atomic mass is 32.2. The average Bonchev–Trinajstić information content (AvgIpc) is 2.72. The number of nitrogens with zero attached hydrogens (tertiary/aromatic N) is 2. The van der Waals surface area contributed by atoms with E-state index in [0.717, 1.165) is 0 Å². The van der Waals surface area contributed by atoms with E-state index in [4.69, 9.17) is 5.73 Å². The maximum atomic E-state index is 12.1. The second-order valence-electron chi connectivity index (χ2n) is 3.98. The molecule has 0 atom stereocenters. The zero-order valence-corrected chi connectivity index (χ0v) is 10.9. The summed E-state index contributed by atoms with van der Waals surface area (Å²) in [6.07, 6.45) is 2.73. The van der Waals surface area contributed by atoms with Crippen LogP contribution in [0.5, 0.6) is 0 Å². The van der Waals surface area contributed by atoms with E-state index in [2.05, 4.69) is 9.82 Å². The lowest BCUT2D eigenvalue weighted by Crippen LogP contribution is -2.13. The number of benzene rings is 1. The summed E-state index contributed by atoms with van der Waals surface area (Å²) in [6, 6.07) is 5.08. The molecule has 1 aromatic carbocycles. The van der Waals surface area contributed by atoms with Crippen molar-refractivity contribution >= 4 is 21.4 Å². The van der Waals surface area contributed by atoms with Gasteiger partial charge >= 0.3 is 0 Å². The molecule has 0 aliphatic heterocycles. The van der Waals surface area contributed by atoms with Crippen molar-refractivity contribution in [2.45, 2.75) is 11.8 Å². The van der Waals surface area contributed by atoms with Crippen molar-refractivity contribution in [3.63, 3.8) is 0 Å². The molecule has 6 nitrogen and oxygen atoms in total. The molecule has 0 bridgehead atoms. The fourth-order valence-corrected chi connectivity index (χ4v) is 2.61. The monoisotopic (exact) mass is 266 g/mol. The van der Waals surface area contributed by atoms with E-state index in [1.165, 1.54) is 17.1 Å². The van der Waals surface area contributed by atoms with Gasteiger partial charge in [-0.05, 0) is 24.6 Å². The van der Waals surface area contributed by atoms with Gasteiger partial charge in [-0.2, -0.15) is 5.10 Å². The third-order valence-corrected chi connectivity index (χ3v) is 3.93. The second kappa shape index (κ2) is 4.34. The summed E-state index contributed by atoms with van der Waals surface area (Å²) in [4.78, 5) is 0.117. The number of hydrogen-bond donors (Lipinski definition) is 2. The normalized spacial score (nSPS) is 11.4. The fraction of sp³-hybridized carbons (Fsp3) is 0.182. The molecule has 1 aromatic heterocycles. The number of nitrogens with two attached hydrogens (primary N) is 1. The van der Waals surface area contributed by atoms with Crippen molar-refractivity contribution in [3.8, 4) is 0 Å². The minimum atomic E-state index is -3.62. The Hall–Kier alpha value is -2.02. The van der Waals surface area contributed by atoms with Crippen LogP contribution in [0.2, 0.25) is 0 Å². The van der Waals surface area contributed by atoms with Crippen LogP contribution < -0.4 is 10.5 Å². The van der Waals surface area contributed by atoms with Gasteiger partial charge < -0.3 is 5.73 Å². The van der Waals surface area contributed by atoms with Gasteiger partial charge in [0.1, 0.15) is 4.90 Å². The summed E-state index contributed by atoms with van der Waals surface area (Å²) >= 11 is 0. The van der Waals surface area contributed by atoms with Gasteiger partial charge in [-0.3, -0.25) is 9.40 Å². The van der Waals surface area contributed by atoms with Gasteiger partial charge in [-0.1, -0.05) is 6.07 Å². The van der Waals surface area contributed by atoms with Crippen LogP contribution in [-0.2, 0) is 17.1 Å². The maximum Gasteiger partial charge on any atom is 0.265 e. The van der Waals surface area contributed by atoms with E-state index in [1.807, 2.05) is 0 Å². The first-order chi connectivity index (χ1) is 8.40. The molecule has 0 unspecified atom stereocenters. The van der Waals surface area contributed by atoms with E-state index in [9.17, 15) is 8.42 Å². The Balaban J connectivity index is 2.37. The molecule has 0 aliphatic rings. The Morgan fingerprint density at radius 3 is 2.72 bits per heavy atom. The first-order valence-electron chi connectivity index (χ1n) is 5.27. The highest BCUT2D eigenvalue weighted by Crippen LogP contribution is 2.23. The fourth-order valence-electron chi connectivity index (χ4n) is 1.51. The average molecular weight is 266 g/mol. The number of aromatic nitrogens is 2. The van der Waals surface area contributed by atoms with Crippen LogP contribution in [0.1, 0.15) is 5.56 Å². The maximum absolute atomic E-state index is 12.1. The summed E-state index contributed by atoms with van der Waals surface area (Å²) in [5, 5.41) is 3.84. The predicted octanol–water partition coefficient (Wildman–Crippen LogP) is 1.11. The van der Waals surface area contributed by atoms with E-state index in [-0.39, 0.29) is 4.90 Å². The van der Waals surface area contributed by atoms with Crippen LogP contribution in [-0.4, -0.2) is 18.2 Å². The number of nitrogens with one attached hydrogen (secondary N) is 1. The van der Waals surface area contributed by atoms with Crippen LogP contribution in [0, 0.1) is 6.92 Å². The highest BCUT2D eigenvalue weighted by molar-refractivity contribution is 7.92. The van der Waals surface area contributed by atoms with Gasteiger partial charge in [0.05, 0.1) is 11.9 Å². The lowest BCUT2D eigenvalue weighted by atomic mass is 10.2. The Kier molecular flexibility index (Phi) is 3.00. The van der Waals surface area contributed by atoms with Crippen molar-refractivity contribution < 1.29 is 8.42 Å². The summed E-state index contributed by atoms with van der Waals surface area (Å²) in [5.41, 5.74) is 7.44. The predicted molar refractivity (Wildman–Crippen MR) is 69.6 cm³/mol.